The number of amides is 1. The topological polar surface area (TPSA) is 53.4 Å². The fourth-order valence-corrected chi connectivity index (χ4v) is 1.45. The van der Waals surface area contributed by atoms with Crippen LogP contribution in [0.5, 0.6) is 0 Å². The number of β-amino-alcohol motifs (C(OH)–C–C–N with tert-alkyl or cyclic N) is 1. The van der Waals surface area contributed by atoms with Crippen LogP contribution in [0.1, 0.15) is 5.56 Å². The van der Waals surface area contributed by atoms with Crippen molar-refractivity contribution in [2.45, 2.75) is 12.5 Å². The van der Waals surface area contributed by atoms with E-state index in [4.69, 9.17) is 5.11 Å². The Morgan fingerprint density at radius 1 is 1.64 bits per heavy atom. The number of carbonyl (C=O) groups excluding carboxylic acids is 1. The molecule has 1 N–H and O–H groups in total. The number of likely N-dealkylation sites (tertiary alicyclic amines) is 1. The SMILES string of the molecule is O=C(Cc1cccnc1)N1CC(O)C1. The summed E-state index contributed by atoms with van der Waals surface area (Å²) in [7, 11) is 0. The second kappa shape index (κ2) is 3.75. The van der Waals surface area contributed by atoms with Crippen molar-refractivity contribution in [2.24, 2.45) is 0 Å². The van der Waals surface area contributed by atoms with Gasteiger partial charge in [0.1, 0.15) is 0 Å². The van der Waals surface area contributed by atoms with E-state index in [0.29, 0.717) is 19.5 Å². The van der Waals surface area contributed by atoms with Gasteiger partial charge in [-0.1, -0.05) is 6.07 Å². The fraction of sp³-hybridized carbons (Fsp3) is 0.400. The summed E-state index contributed by atoms with van der Waals surface area (Å²) in [6.07, 6.45) is 3.42. The van der Waals surface area contributed by atoms with Crippen molar-refractivity contribution < 1.29 is 9.90 Å². The Kier molecular flexibility index (Phi) is 2.45. The molecule has 2 heterocycles. The first kappa shape index (κ1) is 9.15. The average Bonchev–Trinajstić information content (AvgIpc) is 2.14. The van der Waals surface area contributed by atoms with Crippen LogP contribution in [0.15, 0.2) is 24.5 Å². The molecule has 1 amide bonds. The van der Waals surface area contributed by atoms with Crippen LogP contribution in [0.3, 0.4) is 0 Å². The highest BCUT2D eigenvalue weighted by Gasteiger charge is 2.28. The molecule has 2 rings (SSSR count). The van der Waals surface area contributed by atoms with Gasteiger partial charge in [-0.3, -0.25) is 9.78 Å². The number of aliphatic hydroxyl groups excluding tert-OH is 1. The zero-order valence-electron chi connectivity index (χ0n) is 7.76. The van der Waals surface area contributed by atoms with E-state index in [1.54, 1.807) is 17.3 Å². The van der Waals surface area contributed by atoms with Crippen LogP contribution in [-0.2, 0) is 11.2 Å². The van der Waals surface area contributed by atoms with Crippen LogP contribution in [0.4, 0.5) is 0 Å². The molecule has 4 nitrogen and oxygen atoms in total. The minimum atomic E-state index is -0.326. The van der Waals surface area contributed by atoms with Gasteiger partial charge in [0.05, 0.1) is 12.5 Å². The second-order valence-electron chi connectivity index (χ2n) is 3.49. The molecule has 1 fully saturated rings. The highest BCUT2D eigenvalue weighted by atomic mass is 16.3. The van der Waals surface area contributed by atoms with Gasteiger partial charge in [0.25, 0.3) is 0 Å². The molecule has 0 atom stereocenters. The van der Waals surface area contributed by atoms with Crippen LogP contribution in [0, 0.1) is 0 Å². The maximum absolute atomic E-state index is 11.5. The molecule has 0 unspecified atom stereocenters. The Labute approximate surface area is 82.2 Å². The smallest absolute Gasteiger partial charge is 0.227 e. The predicted octanol–water partition coefficient (Wildman–Crippen LogP) is -0.173. The molecule has 0 saturated carbocycles. The lowest BCUT2D eigenvalue weighted by Gasteiger charge is -2.35. The first-order valence-corrected chi connectivity index (χ1v) is 4.60. The van der Waals surface area contributed by atoms with Gasteiger partial charge in [-0.15, -0.1) is 0 Å². The van der Waals surface area contributed by atoms with E-state index in [2.05, 4.69) is 4.98 Å². The lowest BCUT2D eigenvalue weighted by atomic mass is 10.1. The molecule has 14 heavy (non-hydrogen) atoms. The van der Waals surface area contributed by atoms with Crippen LogP contribution in [0.25, 0.3) is 0 Å². The Hall–Kier alpha value is -1.42. The Morgan fingerprint density at radius 3 is 3.00 bits per heavy atom. The van der Waals surface area contributed by atoms with Crippen molar-refractivity contribution in [3.8, 4) is 0 Å². The van der Waals surface area contributed by atoms with Crippen LogP contribution < -0.4 is 0 Å². The van der Waals surface area contributed by atoms with Gasteiger partial charge in [-0.2, -0.15) is 0 Å². The molecule has 1 aromatic rings. The highest BCUT2D eigenvalue weighted by Crippen LogP contribution is 2.10. The molecule has 0 bridgehead atoms. The summed E-state index contributed by atoms with van der Waals surface area (Å²) >= 11 is 0. The summed E-state index contributed by atoms with van der Waals surface area (Å²) in [6.45, 7) is 0.943. The van der Waals surface area contributed by atoms with Gasteiger partial charge >= 0.3 is 0 Å². The third-order valence-corrected chi connectivity index (χ3v) is 2.29. The number of nitrogens with zero attached hydrogens (tertiary/aromatic N) is 2. The van der Waals surface area contributed by atoms with E-state index >= 15 is 0 Å². The molecule has 4 heteroatoms. The number of hydrogen-bond donors (Lipinski definition) is 1. The third-order valence-electron chi connectivity index (χ3n) is 2.29. The van der Waals surface area contributed by atoms with Gasteiger partial charge in [0.2, 0.25) is 5.91 Å². The summed E-state index contributed by atoms with van der Waals surface area (Å²) < 4.78 is 0. The number of aromatic nitrogens is 1. The van der Waals surface area contributed by atoms with Crippen molar-refractivity contribution >= 4 is 5.91 Å². The lowest BCUT2D eigenvalue weighted by molar-refractivity contribution is -0.140. The Morgan fingerprint density at radius 2 is 2.43 bits per heavy atom. The van der Waals surface area contributed by atoms with Crippen LogP contribution in [-0.4, -0.2) is 40.1 Å². The van der Waals surface area contributed by atoms with E-state index < -0.39 is 0 Å². The number of aliphatic hydroxyl groups is 1. The van der Waals surface area contributed by atoms with Crippen molar-refractivity contribution in [1.29, 1.82) is 0 Å². The minimum Gasteiger partial charge on any atom is -0.389 e. The summed E-state index contributed by atoms with van der Waals surface area (Å²) in [6, 6.07) is 3.69. The molecule has 0 aliphatic carbocycles. The summed E-state index contributed by atoms with van der Waals surface area (Å²) in [4.78, 5) is 17.1. The maximum atomic E-state index is 11.5. The molecule has 1 aliphatic heterocycles. The first-order chi connectivity index (χ1) is 6.75. The summed E-state index contributed by atoms with van der Waals surface area (Å²) in [5.74, 6) is 0.0586. The summed E-state index contributed by atoms with van der Waals surface area (Å²) in [5, 5.41) is 9.03. The van der Waals surface area contributed by atoms with Gasteiger partial charge < -0.3 is 10.0 Å². The van der Waals surface area contributed by atoms with E-state index in [-0.39, 0.29) is 12.0 Å². The van der Waals surface area contributed by atoms with E-state index in [1.807, 2.05) is 12.1 Å². The van der Waals surface area contributed by atoms with Gasteiger partial charge in [0.15, 0.2) is 0 Å². The van der Waals surface area contributed by atoms with E-state index in [1.165, 1.54) is 0 Å². The number of hydrogen-bond acceptors (Lipinski definition) is 3. The highest BCUT2D eigenvalue weighted by molar-refractivity contribution is 5.79. The van der Waals surface area contributed by atoms with Gasteiger partial charge in [-0.25, -0.2) is 0 Å². The minimum absolute atomic E-state index is 0.0586. The molecule has 0 radical (unpaired) electrons. The normalized spacial score (nSPS) is 16.5. The van der Waals surface area contributed by atoms with Crippen LogP contribution >= 0.6 is 0 Å². The lowest BCUT2D eigenvalue weighted by Crippen LogP contribution is -2.53. The standard InChI is InChI=1S/C10H12N2O2/c13-9-6-12(7-9)10(14)4-8-2-1-3-11-5-8/h1-3,5,9,13H,4,6-7H2. The quantitative estimate of drug-likeness (QED) is 0.707. The molecular formula is C10H12N2O2. The largest absolute Gasteiger partial charge is 0.389 e. The van der Waals surface area contributed by atoms with Gasteiger partial charge in [-0.05, 0) is 11.6 Å². The molecular weight excluding hydrogens is 180 g/mol. The molecule has 0 aromatic carbocycles. The molecule has 1 aromatic heterocycles. The van der Waals surface area contributed by atoms with Crippen molar-refractivity contribution in [3.63, 3.8) is 0 Å². The number of pyridine rings is 1. The maximum Gasteiger partial charge on any atom is 0.227 e. The monoisotopic (exact) mass is 192 g/mol. The van der Waals surface area contributed by atoms with Crippen molar-refractivity contribution in [3.05, 3.63) is 30.1 Å². The second-order valence-corrected chi connectivity index (χ2v) is 3.49. The first-order valence-electron chi connectivity index (χ1n) is 4.60. The third kappa shape index (κ3) is 1.90. The van der Waals surface area contributed by atoms with Crippen molar-refractivity contribution in [2.75, 3.05) is 13.1 Å². The van der Waals surface area contributed by atoms with E-state index in [9.17, 15) is 4.79 Å². The molecule has 1 aliphatic rings. The van der Waals surface area contributed by atoms with Crippen LogP contribution in [0.2, 0.25) is 0 Å². The van der Waals surface area contributed by atoms with Gasteiger partial charge in [0, 0.05) is 25.5 Å². The van der Waals surface area contributed by atoms with E-state index in [0.717, 1.165) is 5.56 Å². The zero-order chi connectivity index (χ0) is 9.97. The number of carbonyl (C=O) groups is 1. The molecule has 0 spiro atoms. The Bertz CT molecular complexity index is 320. The average molecular weight is 192 g/mol. The Balaban J connectivity index is 1.89. The zero-order valence-corrected chi connectivity index (χ0v) is 7.76. The number of rotatable bonds is 2. The molecule has 74 valence electrons. The molecule has 1 saturated heterocycles. The summed E-state index contributed by atoms with van der Waals surface area (Å²) in [5.41, 5.74) is 0.916. The predicted molar refractivity (Wildman–Crippen MR) is 50.5 cm³/mol. The fourth-order valence-electron chi connectivity index (χ4n) is 1.45. The van der Waals surface area contributed by atoms with Crippen molar-refractivity contribution in [1.82, 2.24) is 9.88 Å².